The molecule has 1 aromatic heterocycles. The number of amidine groups is 2. The summed E-state index contributed by atoms with van der Waals surface area (Å²) in [7, 11) is 0. The molecular weight excluding hydrogens is 601 g/mol. The van der Waals surface area contributed by atoms with Gasteiger partial charge in [0, 0.05) is 35.3 Å². The Labute approximate surface area is 286 Å². The van der Waals surface area contributed by atoms with Crippen LogP contribution in [0.1, 0.15) is 22.3 Å². The van der Waals surface area contributed by atoms with E-state index in [9.17, 15) is 0 Å². The molecule has 49 heavy (non-hydrogen) atoms. The van der Waals surface area contributed by atoms with E-state index in [1.807, 2.05) is 97.1 Å². The number of nitrogens with one attached hydrogen (secondary N) is 4. The molecule has 0 aliphatic heterocycles. The Morgan fingerprint density at radius 1 is 0.388 bits per heavy atom. The fourth-order valence-corrected chi connectivity index (χ4v) is 5.92. The zero-order valence-electron chi connectivity index (χ0n) is 27.0. The maximum Gasteiger partial charge on any atom is 0.135 e. The highest BCUT2D eigenvalue weighted by Crippen LogP contribution is 2.32. The largest absolute Gasteiger partial charge is 0.456 e. The van der Waals surface area contributed by atoms with Gasteiger partial charge in [0.15, 0.2) is 0 Å². The van der Waals surface area contributed by atoms with Crippen molar-refractivity contribution in [1.82, 2.24) is 10.6 Å². The first-order valence-electron chi connectivity index (χ1n) is 16.4. The molecule has 0 saturated carbocycles. The Balaban J connectivity index is 1.03. The minimum absolute atomic E-state index is 0.323. The molecule has 0 fully saturated rings. The molecule has 0 aliphatic rings. The monoisotopic (exact) mass is 636 g/mol. The number of rotatable bonds is 10. The number of furan rings is 1. The van der Waals surface area contributed by atoms with Gasteiger partial charge in [-0.15, -0.1) is 0 Å². The van der Waals surface area contributed by atoms with Crippen molar-refractivity contribution in [1.29, 1.82) is 10.8 Å². The van der Waals surface area contributed by atoms with Crippen LogP contribution in [0.3, 0.4) is 0 Å². The van der Waals surface area contributed by atoms with E-state index >= 15 is 0 Å². The van der Waals surface area contributed by atoms with Crippen LogP contribution in [0.5, 0.6) is 0 Å². The van der Waals surface area contributed by atoms with Gasteiger partial charge in [-0.05, 0) is 45.5 Å². The Morgan fingerprint density at radius 3 is 1.14 bits per heavy atom. The van der Waals surface area contributed by atoms with Crippen LogP contribution in [0.15, 0.2) is 174 Å². The van der Waals surface area contributed by atoms with Gasteiger partial charge >= 0.3 is 0 Å². The summed E-state index contributed by atoms with van der Waals surface area (Å²) in [5, 5.41) is 24.4. The van der Waals surface area contributed by atoms with Gasteiger partial charge < -0.3 is 15.1 Å². The molecule has 0 radical (unpaired) electrons. The molecule has 7 aromatic rings. The van der Waals surface area contributed by atoms with Crippen LogP contribution in [0.4, 0.5) is 0 Å². The molecule has 6 aromatic carbocycles. The summed E-state index contributed by atoms with van der Waals surface area (Å²) < 4.78 is 6.42. The van der Waals surface area contributed by atoms with Gasteiger partial charge in [0.25, 0.3) is 0 Å². The van der Waals surface area contributed by atoms with Crippen LogP contribution >= 0.6 is 0 Å². The summed E-state index contributed by atoms with van der Waals surface area (Å²) in [4.78, 5) is 0. The highest BCUT2D eigenvalue weighted by molar-refractivity contribution is 6.03. The van der Waals surface area contributed by atoms with Gasteiger partial charge in [-0.3, -0.25) is 10.8 Å². The third-order valence-corrected chi connectivity index (χ3v) is 8.59. The second kappa shape index (κ2) is 14.5. The summed E-state index contributed by atoms with van der Waals surface area (Å²) in [5.41, 5.74) is 10.1. The molecule has 0 saturated heterocycles. The molecule has 7 rings (SSSR count). The van der Waals surface area contributed by atoms with Crippen molar-refractivity contribution in [2.24, 2.45) is 0 Å². The predicted molar refractivity (Wildman–Crippen MR) is 201 cm³/mol. The standard InChI is InChI=1S/C44H36N4O/c45-43(47-29-31-19-23-35(24-20-31)33-11-3-1-4-12-33)39-17-9-7-15-37(39)41-27-28-42(49-41)38-16-8-10-18-40(38)44(46)48-30-32-21-25-36(26-22-32)34-13-5-2-6-14-34/h1-28H,29-30H2,(H2,45,47)(H2,46,48). The maximum atomic E-state index is 8.89. The van der Waals surface area contributed by atoms with Gasteiger partial charge in [0.05, 0.1) is 0 Å². The number of hydrogen-bond donors (Lipinski definition) is 4. The van der Waals surface area contributed by atoms with Crippen LogP contribution in [0, 0.1) is 10.8 Å². The third-order valence-electron chi connectivity index (χ3n) is 8.59. The number of benzene rings is 6. The lowest BCUT2D eigenvalue weighted by molar-refractivity contribution is 0.597. The molecule has 4 N–H and O–H groups in total. The predicted octanol–water partition coefficient (Wildman–Crippen LogP) is 10.2. The topological polar surface area (TPSA) is 84.9 Å². The van der Waals surface area contributed by atoms with Crippen molar-refractivity contribution in [2.45, 2.75) is 13.1 Å². The fraction of sp³-hybridized carbons (Fsp3) is 0.0455. The van der Waals surface area contributed by atoms with Gasteiger partial charge in [-0.25, -0.2) is 0 Å². The fourth-order valence-electron chi connectivity index (χ4n) is 5.92. The Bertz CT molecular complexity index is 2030. The van der Waals surface area contributed by atoms with Crippen LogP contribution in [0.25, 0.3) is 44.9 Å². The molecule has 5 nitrogen and oxygen atoms in total. The van der Waals surface area contributed by atoms with Gasteiger partial charge in [-0.2, -0.15) is 0 Å². The SMILES string of the molecule is N=C(NCc1ccc(-c2ccccc2)cc1)c1ccccc1-c1ccc(-c2ccccc2C(=N)NCc2ccc(-c3ccccc3)cc2)o1. The minimum Gasteiger partial charge on any atom is -0.456 e. The third kappa shape index (κ3) is 7.27. The molecular formula is C44H36N4O. The second-order valence-electron chi connectivity index (χ2n) is 11.8. The van der Waals surface area contributed by atoms with Crippen molar-refractivity contribution in [3.8, 4) is 44.9 Å². The molecule has 0 spiro atoms. The first-order chi connectivity index (χ1) is 24.1. The first kappa shape index (κ1) is 31.2. The minimum atomic E-state index is 0.323. The quantitative estimate of drug-likeness (QED) is 0.0890. The summed E-state index contributed by atoms with van der Waals surface area (Å²) in [6, 6.07) is 56.9. The lowest BCUT2D eigenvalue weighted by Gasteiger charge is -2.13. The summed E-state index contributed by atoms with van der Waals surface area (Å²) in [5.74, 6) is 1.97. The summed E-state index contributed by atoms with van der Waals surface area (Å²) >= 11 is 0. The smallest absolute Gasteiger partial charge is 0.135 e. The van der Waals surface area contributed by atoms with E-state index in [2.05, 4.69) is 83.4 Å². The first-order valence-corrected chi connectivity index (χ1v) is 16.4. The Hall–Kier alpha value is -6.46. The lowest BCUT2D eigenvalue weighted by Crippen LogP contribution is -2.23. The van der Waals surface area contributed by atoms with Gasteiger partial charge in [-0.1, -0.05) is 158 Å². The molecule has 0 amide bonds. The van der Waals surface area contributed by atoms with E-state index in [-0.39, 0.29) is 0 Å². The van der Waals surface area contributed by atoms with E-state index in [1.165, 1.54) is 22.3 Å². The average Bonchev–Trinajstić information content (AvgIpc) is 3.67. The van der Waals surface area contributed by atoms with E-state index in [1.54, 1.807) is 0 Å². The van der Waals surface area contributed by atoms with Crippen molar-refractivity contribution in [3.63, 3.8) is 0 Å². The number of hydrogen-bond acceptors (Lipinski definition) is 3. The molecule has 0 unspecified atom stereocenters. The van der Waals surface area contributed by atoms with Crippen molar-refractivity contribution in [3.05, 3.63) is 192 Å². The Kier molecular flexibility index (Phi) is 9.24. The van der Waals surface area contributed by atoms with Crippen LogP contribution in [0.2, 0.25) is 0 Å². The van der Waals surface area contributed by atoms with Crippen molar-refractivity contribution >= 4 is 11.7 Å². The van der Waals surface area contributed by atoms with Crippen LogP contribution in [-0.4, -0.2) is 11.7 Å². The normalized spacial score (nSPS) is 10.8. The zero-order chi connectivity index (χ0) is 33.4. The second-order valence-corrected chi connectivity index (χ2v) is 11.8. The van der Waals surface area contributed by atoms with E-state index < -0.39 is 0 Å². The van der Waals surface area contributed by atoms with Crippen molar-refractivity contribution < 1.29 is 4.42 Å². The van der Waals surface area contributed by atoms with E-state index in [4.69, 9.17) is 15.2 Å². The average molecular weight is 637 g/mol. The molecule has 1 heterocycles. The Morgan fingerprint density at radius 2 is 0.735 bits per heavy atom. The highest BCUT2D eigenvalue weighted by Gasteiger charge is 2.17. The molecule has 0 atom stereocenters. The van der Waals surface area contributed by atoms with Crippen LogP contribution < -0.4 is 10.6 Å². The molecule has 5 heteroatoms. The molecule has 0 bridgehead atoms. The van der Waals surface area contributed by atoms with E-state index in [0.717, 1.165) is 33.4 Å². The summed E-state index contributed by atoms with van der Waals surface area (Å²) in [6.45, 7) is 1.07. The maximum absolute atomic E-state index is 8.89. The highest BCUT2D eigenvalue weighted by atomic mass is 16.3. The van der Waals surface area contributed by atoms with Crippen LogP contribution in [-0.2, 0) is 13.1 Å². The molecule has 0 aliphatic carbocycles. The summed E-state index contributed by atoms with van der Waals surface area (Å²) in [6.07, 6.45) is 0. The zero-order valence-corrected chi connectivity index (χ0v) is 27.0. The molecule has 238 valence electrons. The van der Waals surface area contributed by atoms with E-state index in [0.29, 0.717) is 36.3 Å². The van der Waals surface area contributed by atoms with Crippen molar-refractivity contribution in [2.75, 3.05) is 0 Å². The van der Waals surface area contributed by atoms with Gasteiger partial charge in [0.2, 0.25) is 0 Å². The van der Waals surface area contributed by atoms with Gasteiger partial charge in [0.1, 0.15) is 23.2 Å². The lowest BCUT2D eigenvalue weighted by atomic mass is 10.0.